The van der Waals surface area contributed by atoms with Crippen LogP contribution in [0.5, 0.6) is 0 Å². The van der Waals surface area contributed by atoms with Crippen molar-refractivity contribution in [3.05, 3.63) is 6.08 Å². The monoisotopic (exact) mass is 152 g/mol. The predicted octanol–water partition coefficient (Wildman–Crippen LogP) is -0.517. The summed E-state index contributed by atoms with van der Waals surface area (Å²) in [6.07, 6.45) is 0.832. The van der Waals surface area contributed by atoms with Gasteiger partial charge in [-0.2, -0.15) is 0 Å². The topological polar surface area (TPSA) is 83.8 Å². The van der Waals surface area contributed by atoms with Crippen molar-refractivity contribution in [2.75, 3.05) is 6.61 Å². The maximum atomic E-state index is 9.83. The van der Waals surface area contributed by atoms with Gasteiger partial charge >= 0.3 is 7.82 Å². The Morgan fingerprint density at radius 3 is 2.56 bits per heavy atom. The lowest BCUT2D eigenvalue weighted by atomic mass is 10.7. The second kappa shape index (κ2) is 3.56. The van der Waals surface area contributed by atoms with Gasteiger partial charge in [0.05, 0.1) is 6.61 Å². The fourth-order valence-corrected chi connectivity index (χ4v) is 0.437. The molecule has 0 aromatic rings. The Hall–Kier alpha value is -0.440. The standard InChI is InChI=1S/C3H5O5P/c4-2-1-3-8-9(5,6)7/h1H,3H2,(H2,5,6,7). The lowest BCUT2D eigenvalue weighted by Crippen LogP contribution is -1.87. The molecular weight excluding hydrogens is 147 g/mol. The van der Waals surface area contributed by atoms with E-state index in [4.69, 9.17) is 9.79 Å². The molecule has 0 bridgehead atoms. The van der Waals surface area contributed by atoms with E-state index in [-0.39, 0.29) is 0 Å². The highest BCUT2D eigenvalue weighted by molar-refractivity contribution is 7.46. The molecule has 0 amide bonds. The molecule has 0 saturated carbocycles. The Labute approximate surface area is 51.2 Å². The quantitative estimate of drug-likeness (QED) is 0.420. The molecule has 0 aliphatic rings. The fourth-order valence-electron chi connectivity index (χ4n) is 0.168. The van der Waals surface area contributed by atoms with Crippen LogP contribution in [0.1, 0.15) is 0 Å². The Bertz CT molecular complexity index is 163. The highest BCUT2D eigenvalue weighted by atomic mass is 31.2. The molecule has 2 N–H and O–H groups in total. The summed E-state index contributed by atoms with van der Waals surface area (Å²) in [6, 6.07) is 0. The van der Waals surface area contributed by atoms with Crippen LogP contribution in [0.2, 0.25) is 0 Å². The van der Waals surface area contributed by atoms with Crippen molar-refractivity contribution in [3.63, 3.8) is 0 Å². The Morgan fingerprint density at radius 1 is 1.67 bits per heavy atom. The van der Waals surface area contributed by atoms with Gasteiger partial charge in [0.15, 0.2) is 0 Å². The van der Waals surface area contributed by atoms with Crippen LogP contribution in [0.25, 0.3) is 0 Å². The smallest absolute Gasteiger partial charge is 0.303 e. The van der Waals surface area contributed by atoms with Gasteiger partial charge in [-0.25, -0.2) is 9.36 Å². The minimum Gasteiger partial charge on any atom is -0.303 e. The van der Waals surface area contributed by atoms with E-state index >= 15 is 0 Å². The first kappa shape index (κ1) is 8.56. The highest BCUT2D eigenvalue weighted by Gasteiger charge is 2.11. The largest absolute Gasteiger partial charge is 0.469 e. The van der Waals surface area contributed by atoms with E-state index in [0.29, 0.717) is 0 Å². The zero-order valence-corrected chi connectivity index (χ0v) is 5.25. The number of hydrogen-bond donors (Lipinski definition) is 2. The SMILES string of the molecule is O=C=CCOP(=O)(O)O. The molecular formula is C3H5O5P. The van der Waals surface area contributed by atoms with Crippen LogP contribution in [0.3, 0.4) is 0 Å². The summed E-state index contributed by atoms with van der Waals surface area (Å²) in [7, 11) is -4.41. The molecule has 0 unspecified atom stereocenters. The summed E-state index contributed by atoms with van der Waals surface area (Å²) in [5.74, 6) is 1.30. The highest BCUT2D eigenvalue weighted by Crippen LogP contribution is 2.35. The van der Waals surface area contributed by atoms with E-state index in [2.05, 4.69) is 4.52 Å². The van der Waals surface area contributed by atoms with Crippen molar-refractivity contribution < 1.29 is 23.7 Å². The number of rotatable bonds is 3. The predicted molar refractivity (Wildman–Crippen MR) is 28.3 cm³/mol. The molecule has 0 aromatic heterocycles. The third-order valence-corrected chi connectivity index (χ3v) is 0.895. The normalized spacial score (nSPS) is 10.4. The van der Waals surface area contributed by atoms with Crippen LogP contribution >= 0.6 is 7.82 Å². The van der Waals surface area contributed by atoms with Gasteiger partial charge in [-0.3, -0.25) is 4.52 Å². The average Bonchev–Trinajstić information content (AvgIpc) is 1.63. The molecule has 0 radical (unpaired) electrons. The lowest BCUT2D eigenvalue weighted by Gasteiger charge is -1.98. The molecule has 0 saturated heterocycles. The van der Waals surface area contributed by atoms with Gasteiger partial charge in [-0.1, -0.05) is 0 Å². The van der Waals surface area contributed by atoms with Crippen molar-refractivity contribution in [2.24, 2.45) is 0 Å². The van der Waals surface area contributed by atoms with Gasteiger partial charge in [0, 0.05) is 6.08 Å². The van der Waals surface area contributed by atoms with Gasteiger partial charge in [0.25, 0.3) is 0 Å². The zero-order chi connectivity index (χ0) is 7.33. The van der Waals surface area contributed by atoms with Crippen LogP contribution in [0.4, 0.5) is 0 Å². The molecule has 0 aromatic carbocycles. The van der Waals surface area contributed by atoms with Gasteiger partial charge in [0.1, 0.15) is 5.94 Å². The second-order valence-electron chi connectivity index (χ2n) is 1.11. The zero-order valence-electron chi connectivity index (χ0n) is 4.35. The number of phosphoric ester groups is 1. The first-order valence-corrected chi connectivity index (χ1v) is 3.49. The van der Waals surface area contributed by atoms with Crippen molar-refractivity contribution in [1.82, 2.24) is 0 Å². The van der Waals surface area contributed by atoms with Crippen molar-refractivity contribution in [3.8, 4) is 0 Å². The van der Waals surface area contributed by atoms with Crippen LogP contribution in [0.15, 0.2) is 6.08 Å². The molecule has 0 atom stereocenters. The van der Waals surface area contributed by atoms with Crippen LogP contribution in [-0.4, -0.2) is 22.3 Å². The summed E-state index contributed by atoms with van der Waals surface area (Å²) in [5, 5.41) is 0. The molecule has 6 heteroatoms. The summed E-state index contributed by atoms with van der Waals surface area (Å²) >= 11 is 0. The van der Waals surface area contributed by atoms with Crippen molar-refractivity contribution in [2.45, 2.75) is 0 Å². The molecule has 0 aliphatic heterocycles. The Kier molecular flexibility index (Phi) is 3.39. The van der Waals surface area contributed by atoms with E-state index in [1.54, 1.807) is 0 Å². The molecule has 5 nitrogen and oxygen atoms in total. The molecule has 52 valence electrons. The van der Waals surface area contributed by atoms with Crippen molar-refractivity contribution >= 4 is 13.8 Å². The maximum absolute atomic E-state index is 9.83. The summed E-state index contributed by atoms with van der Waals surface area (Å²) in [4.78, 5) is 25.3. The molecule has 0 heterocycles. The molecule has 0 fully saturated rings. The van der Waals surface area contributed by atoms with E-state index in [1.807, 2.05) is 0 Å². The summed E-state index contributed by atoms with van der Waals surface area (Å²) in [6.45, 7) is -0.409. The minimum atomic E-state index is -4.41. The van der Waals surface area contributed by atoms with Crippen molar-refractivity contribution in [1.29, 1.82) is 0 Å². The van der Waals surface area contributed by atoms with E-state index in [0.717, 1.165) is 6.08 Å². The second-order valence-corrected chi connectivity index (χ2v) is 2.35. The number of hydrogen-bond acceptors (Lipinski definition) is 3. The first-order chi connectivity index (χ1) is 4.06. The minimum absolute atomic E-state index is 0.409. The summed E-state index contributed by atoms with van der Waals surface area (Å²) < 4.78 is 13.6. The van der Waals surface area contributed by atoms with Crippen LogP contribution in [0, 0.1) is 0 Å². The maximum Gasteiger partial charge on any atom is 0.469 e. The Balaban J connectivity index is 3.52. The number of carbonyl (C=O) groups excluding carboxylic acids is 1. The third-order valence-electron chi connectivity index (χ3n) is 0.409. The number of phosphoric acid groups is 1. The first-order valence-electron chi connectivity index (χ1n) is 1.95. The molecule has 0 spiro atoms. The average molecular weight is 152 g/mol. The fraction of sp³-hybridized carbons (Fsp3) is 0.333. The molecule has 9 heavy (non-hydrogen) atoms. The van der Waals surface area contributed by atoms with Crippen LogP contribution in [-0.2, 0) is 13.9 Å². The lowest BCUT2D eigenvalue weighted by molar-refractivity contribution is 0.216. The van der Waals surface area contributed by atoms with Crippen LogP contribution < -0.4 is 0 Å². The Morgan fingerprint density at radius 2 is 2.22 bits per heavy atom. The molecule has 0 aliphatic carbocycles. The van der Waals surface area contributed by atoms with E-state index < -0.39 is 14.4 Å². The van der Waals surface area contributed by atoms with Gasteiger partial charge in [0.2, 0.25) is 0 Å². The van der Waals surface area contributed by atoms with E-state index in [9.17, 15) is 9.36 Å². The van der Waals surface area contributed by atoms with Gasteiger partial charge in [-0.05, 0) is 0 Å². The van der Waals surface area contributed by atoms with E-state index in [1.165, 1.54) is 5.94 Å². The molecule has 0 rings (SSSR count). The summed E-state index contributed by atoms with van der Waals surface area (Å²) in [5.41, 5.74) is 0. The van der Waals surface area contributed by atoms with Gasteiger partial charge in [-0.15, -0.1) is 0 Å². The third kappa shape index (κ3) is 7.56. The van der Waals surface area contributed by atoms with Gasteiger partial charge < -0.3 is 9.79 Å².